The molecule has 2 N–H and O–H groups in total. The molecule has 1 aromatic carbocycles. The summed E-state index contributed by atoms with van der Waals surface area (Å²) in [5.41, 5.74) is 5.18. The summed E-state index contributed by atoms with van der Waals surface area (Å²) in [5, 5.41) is 10.4. The van der Waals surface area contributed by atoms with Crippen LogP contribution >= 0.6 is 0 Å². The van der Waals surface area contributed by atoms with E-state index < -0.39 is 10.7 Å². The van der Waals surface area contributed by atoms with Gasteiger partial charge >= 0.3 is 0 Å². The van der Waals surface area contributed by atoms with Crippen LogP contribution in [0.2, 0.25) is 0 Å². The lowest BCUT2D eigenvalue weighted by molar-refractivity contribution is -0.385. The van der Waals surface area contributed by atoms with Crippen LogP contribution in [-0.2, 0) is 0 Å². The molecule has 0 saturated carbocycles. The molecular formula is C11H8FN3O3. The van der Waals surface area contributed by atoms with Crippen molar-refractivity contribution < 1.29 is 14.1 Å². The van der Waals surface area contributed by atoms with Crippen molar-refractivity contribution in [1.82, 2.24) is 4.98 Å². The Labute approximate surface area is 101 Å². The van der Waals surface area contributed by atoms with Crippen LogP contribution in [0.4, 0.5) is 15.8 Å². The molecule has 0 amide bonds. The number of nitrogen functional groups attached to an aromatic ring is 1. The molecule has 2 aromatic rings. The van der Waals surface area contributed by atoms with Crippen LogP contribution in [0.5, 0.6) is 11.6 Å². The van der Waals surface area contributed by atoms with E-state index in [-0.39, 0.29) is 23.0 Å². The normalized spacial score (nSPS) is 10.1. The number of nitrogens with zero attached hydrogens (tertiary/aromatic N) is 2. The van der Waals surface area contributed by atoms with E-state index in [1.54, 1.807) is 0 Å². The number of ether oxygens (including phenoxy) is 1. The molecule has 92 valence electrons. The minimum Gasteiger partial charge on any atom is -0.439 e. The van der Waals surface area contributed by atoms with Crippen molar-refractivity contribution in [3.8, 4) is 11.6 Å². The molecule has 0 atom stereocenters. The molecule has 0 unspecified atom stereocenters. The van der Waals surface area contributed by atoms with Gasteiger partial charge in [0, 0.05) is 18.2 Å². The zero-order chi connectivity index (χ0) is 13.1. The molecule has 2 rings (SSSR count). The standard InChI is InChI=1S/C11H8FN3O3/c12-9-5-8(2-3-10(9)13)18-11-4-1-7(6-14-11)15(16)17/h1-6H,13H2. The number of nitrogens with two attached hydrogens (primary N) is 1. The molecule has 1 aromatic heterocycles. The van der Waals surface area contributed by atoms with Gasteiger partial charge in [0.25, 0.3) is 5.69 Å². The van der Waals surface area contributed by atoms with Gasteiger partial charge in [-0.1, -0.05) is 0 Å². The van der Waals surface area contributed by atoms with Gasteiger partial charge in [0.2, 0.25) is 5.88 Å². The average Bonchev–Trinajstić information content (AvgIpc) is 2.34. The van der Waals surface area contributed by atoms with Gasteiger partial charge in [0.1, 0.15) is 17.8 Å². The van der Waals surface area contributed by atoms with Crippen molar-refractivity contribution in [2.75, 3.05) is 5.73 Å². The Bertz CT molecular complexity index is 587. The fourth-order valence-corrected chi connectivity index (χ4v) is 1.23. The maximum absolute atomic E-state index is 13.1. The maximum Gasteiger partial charge on any atom is 0.287 e. The Morgan fingerprint density at radius 2 is 2.11 bits per heavy atom. The molecule has 6 nitrogen and oxygen atoms in total. The van der Waals surface area contributed by atoms with Crippen LogP contribution in [0.15, 0.2) is 36.5 Å². The molecule has 0 aliphatic rings. The van der Waals surface area contributed by atoms with E-state index >= 15 is 0 Å². The van der Waals surface area contributed by atoms with E-state index in [4.69, 9.17) is 10.5 Å². The zero-order valence-corrected chi connectivity index (χ0v) is 9.04. The number of hydrogen-bond acceptors (Lipinski definition) is 5. The molecule has 18 heavy (non-hydrogen) atoms. The lowest BCUT2D eigenvalue weighted by Gasteiger charge is -2.05. The van der Waals surface area contributed by atoms with Gasteiger partial charge in [-0.3, -0.25) is 10.1 Å². The van der Waals surface area contributed by atoms with Gasteiger partial charge in [-0.2, -0.15) is 0 Å². The number of anilines is 1. The minimum atomic E-state index is -0.602. The number of benzene rings is 1. The fourth-order valence-electron chi connectivity index (χ4n) is 1.23. The van der Waals surface area contributed by atoms with Crippen LogP contribution in [-0.4, -0.2) is 9.91 Å². The summed E-state index contributed by atoms with van der Waals surface area (Å²) in [7, 11) is 0. The Hall–Kier alpha value is -2.70. The van der Waals surface area contributed by atoms with Gasteiger partial charge in [-0.25, -0.2) is 9.37 Å². The van der Waals surface area contributed by atoms with Crippen LogP contribution in [0.3, 0.4) is 0 Å². The number of hydrogen-bond donors (Lipinski definition) is 1. The highest BCUT2D eigenvalue weighted by Gasteiger charge is 2.07. The van der Waals surface area contributed by atoms with E-state index in [0.29, 0.717) is 0 Å². The van der Waals surface area contributed by atoms with Crippen LogP contribution in [0, 0.1) is 15.9 Å². The van der Waals surface area contributed by atoms with E-state index in [1.807, 2.05) is 0 Å². The number of halogens is 1. The minimum absolute atomic E-state index is 0.0130. The summed E-state index contributed by atoms with van der Waals surface area (Å²) in [4.78, 5) is 13.6. The van der Waals surface area contributed by atoms with E-state index in [9.17, 15) is 14.5 Å². The Balaban J connectivity index is 2.18. The SMILES string of the molecule is Nc1ccc(Oc2ccc([N+](=O)[O-])cn2)cc1F. The van der Waals surface area contributed by atoms with Crippen LogP contribution in [0.1, 0.15) is 0 Å². The number of rotatable bonds is 3. The Morgan fingerprint density at radius 3 is 2.67 bits per heavy atom. The molecule has 1 heterocycles. The third-order valence-electron chi connectivity index (χ3n) is 2.13. The van der Waals surface area contributed by atoms with Gasteiger partial charge in [0.05, 0.1) is 10.6 Å². The van der Waals surface area contributed by atoms with Gasteiger partial charge in [-0.15, -0.1) is 0 Å². The molecule has 0 radical (unpaired) electrons. The lowest BCUT2D eigenvalue weighted by atomic mass is 10.3. The first-order chi connectivity index (χ1) is 8.56. The first-order valence-electron chi connectivity index (χ1n) is 4.89. The smallest absolute Gasteiger partial charge is 0.287 e. The number of aromatic nitrogens is 1. The third-order valence-corrected chi connectivity index (χ3v) is 2.13. The predicted octanol–water partition coefficient (Wildman–Crippen LogP) is 2.50. The second-order valence-electron chi connectivity index (χ2n) is 3.40. The highest BCUT2D eigenvalue weighted by Crippen LogP contribution is 2.23. The molecule has 7 heteroatoms. The number of pyridine rings is 1. The maximum atomic E-state index is 13.1. The predicted molar refractivity (Wildman–Crippen MR) is 61.8 cm³/mol. The molecule has 0 aliphatic heterocycles. The van der Waals surface area contributed by atoms with Crippen molar-refractivity contribution in [3.05, 3.63) is 52.5 Å². The molecule has 0 spiro atoms. The zero-order valence-electron chi connectivity index (χ0n) is 9.04. The average molecular weight is 249 g/mol. The molecule has 0 bridgehead atoms. The second-order valence-corrected chi connectivity index (χ2v) is 3.40. The van der Waals surface area contributed by atoms with Crippen molar-refractivity contribution in [2.24, 2.45) is 0 Å². The summed E-state index contributed by atoms with van der Waals surface area (Å²) in [6.07, 6.45) is 1.06. The second kappa shape index (κ2) is 4.66. The van der Waals surface area contributed by atoms with Gasteiger partial charge in [0.15, 0.2) is 0 Å². The first-order valence-corrected chi connectivity index (χ1v) is 4.89. The summed E-state index contributed by atoms with van der Waals surface area (Å²) in [6.45, 7) is 0. The van der Waals surface area contributed by atoms with Gasteiger partial charge < -0.3 is 10.5 Å². The van der Waals surface area contributed by atoms with Crippen LogP contribution < -0.4 is 10.5 Å². The molecular weight excluding hydrogens is 241 g/mol. The quantitative estimate of drug-likeness (QED) is 0.512. The van der Waals surface area contributed by atoms with E-state index in [0.717, 1.165) is 12.3 Å². The molecule has 0 saturated heterocycles. The Kier molecular flexibility index (Phi) is 3.05. The summed E-state index contributed by atoms with van der Waals surface area (Å²) in [5.74, 6) is -0.262. The highest BCUT2D eigenvalue weighted by molar-refractivity contribution is 5.44. The monoisotopic (exact) mass is 249 g/mol. The summed E-state index contributed by atoms with van der Waals surface area (Å²) >= 11 is 0. The number of nitro groups is 1. The van der Waals surface area contributed by atoms with Crippen LogP contribution in [0.25, 0.3) is 0 Å². The largest absolute Gasteiger partial charge is 0.439 e. The van der Waals surface area contributed by atoms with E-state index in [2.05, 4.69) is 4.98 Å². The Morgan fingerprint density at radius 1 is 1.33 bits per heavy atom. The first kappa shape index (κ1) is 11.8. The summed E-state index contributed by atoms with van der Waals surface area (Å²) in [6, 6.07) is 6.51. The third kappa shape index (κ3) is 2.51. The topological polar surface area (TPSA) is 91.3 Å². The lowest BCUT2D eigenvalue weighted by Crippen LogP contribution is -1.93. The van der Waals surface area contributed by atoms with Crippen molar-refractivity contribution in [3.63, 3.8) is 0 Å². The molecule has 0 aliphatic carbocycles. The fraction of sp³-hybridized carbons (Fsp3) is 0. The highest BCUT2D eigenvalue weighted by atomic mass is 19.1. The molecule has 0 fully saturated rings. The summed E-state index contributed by atoms with van der Waals surface area (Å²) < 4.78 is 18.4. The van der Waals surface area contributed by atoms with Crippen molar-refractivity contribution >= 4 is 11.4 Å². The van der Waals surface area contributed by atoms with E-state index in [1.165, 1.54) is 24.3 Å². The van der Waals surface area contributed by atoms with Crippen molar-refractivity contribution in [1.29, 1.82) is 0 Å². The van der Waals surface area contributed by atoms with Gasteiger partial charge in [-0.05, 0) is 12.1 Å². The van der Waals surface area contributed by atoms with Crippen molar-refractivity contribution in [2.45, 2.75) is 0 Å².